The number of carbonyl (C=O) groups is 2. The third-order valence-corrected chi connectivity index (χ3v) is 1.91. The minimum atomic E-state index is -1.05. The van der Waals surface area contributed by atoms with Gasteiger partial charge in [-0.15, -0.1) is 0 Å². The first-order chi connectivity index (χ1) is 6.99. The van der Waals surface area contributed by atoms with E-state index in [0.29, 0.717) is 11.5 Å². The Labute approximate surface area is 85.5 Å². The van der Waals surface area contributed by atoms with E-state index in [9.17, 15) is 9.59 Å². The molecule has 6 heteroatoms. The second-order valence-corrected chi connectivity index (χ2v) is 3.26. The van der Waals surface area contributed by atoms with Gasteiger partial charge in [0, 0.05) is 12.0 Å². The molecule has 0 aliphatic carbocycles. The largest absolute Gasteiger partial charge is 0.481 e. The van der Waals surface area contributed by atoms with Gasteiger partial charge < -0.3 is 14.7 Å². The van der Waals surface area contributed by atoms with Gasteiger partial charge in [0.05, 0.1) is 18.5 Å². The lowest BCUT2D eigenvalue weighted by Crippen LogP contribution is -2.11. The van der Waals surface area contributed by atoms with Crippen molar-refractivity contribution in [1.82, 2.24) is 5.16 Å². The highest BCUT2D eigenvalue weighted by Crippen LogP contribution is 2.23. The van der Waals surface area contributed by atoms with Crippen LogP contribution in [0.5, 0.6) is 0 Å². The van der Waals surface area contributed by atoms with Crippen molar-refractivity contribution in [3.63, 3.8) is 0 Å². The van der Waals surface area contributed by atoms with Gasteiger partial charge in [0.2, 0.25) is 0 Å². The average molecular weight is 213 g/mol. The monoisotopic (exact) mass is 213 g/mol. The van der Waals surface area contributed by atoms with Crippen LogP contribution in [0, 0.1) is 6.92 Å². The molecule has 1 rings (SSSR count). The summed E-state index contributed by atoms with van der Waals surface area (Å²) in [7, 11) is 0. The Morgan fingerprint density at radius 3 is 2.27 bits per heavy atom. The third kappa shape index (κ3) is 3.41. The Morgan fingerprint density at radius 1 is 1.40 bits per heavy atom. The summed E-state index contributed by atoms with van der Waals surface area (Å²) in [5.41, 5.74) is 0.373. The Hall–Kier alpha value is -1.85. The first kappa shape index (κ1) is 11.2. The van der Waals surface area contributed by atoms with Gasteiger partial charge in [-0.1, -0.05) is 5.16 Å². The van der Waals surface area contributed by atoms with E-state index in [-0.39, 0.29) is 12.8 Å². The molecule has 15 heavy (non-hydrogen) atoms. The zero-order chi connectivity index (χ0) is 11.4. The highest BCUT2D eigenvalue weighted by atomic mass is 16.5. The van der Waals surface area contributed by atoms with E-state index in [0.717, 1.165) is 0 Å². The molecule has 6 nitrogen and oxygen atoms in total. The molecule has 0 aromatic carbocycles. The van der Waals surface area contributed by atoms with Gasteiger partial charge in [0.25, 0.3) is 0 Å². The molecule has 0 atom stereocenters. The summed E-state index contributed by atoms with van der Waals surface area (Å²) < 4.78 is 4.77. The maximum atomic E-state index is 10.5. The van der Waals surface area contributed by atoms with Gasteiger partial charge in [0.15, 0.2) is 0 Å². The predicted molar refractivity (Wildman–Crippen MR) is 48.5 cm³/mol. The fourth-order valence-electron chi connectivity index (χ4n) is 1.28. The molecule has 0 saturated carbocycles. The predicted octanol–water partition coefficient (Wildman–Crippen LogP) is 1.02. The second kappa shape index (κ2) is 4.59. The molecule has 0 spiro atoms. The number of hydrogen-bond acceptors (Lipinski definition) is 4. The van der Waals surface area contributed by atoms with E-state index >= 15 is 0 Å². The van der Waals surface area contributed by atoms with E-state index in [1.807, 2.05) is 0 Å². The Kier molecular flexibility index (Phi) is 3.43. The van der Waals surface area contributed by atoms with Crippen LogP contribution in [0.2, 0.25) is 0 Å². The Morgan fingerprint density at radius 2 is 1.93 bits per heavy atom. The van der Waals surface area contributed by atoms with Crippen LogP contribution in [-0.4, -0.2) is 27.3 Å². The fraction of sp³-hybridized carbons (Fsp3) is 0.444. The summed E-state index contributed by atoms with van der Waals surface area (Å²) in [6.45, 7) is 1.66. The quantitative estimate of drug-likeness (QED) is 0.757. The summed E-state index contributed by atoms with van der Waals surface area (Å²) in [6.07, 6.45) is -0.531. The Bertz CT molecular complexity index is 354. The number of carboxylic acids is 2. The lowest BCUT2D eigenvalue weighted by Gasteiger charge is -2.07. The van der Waals surface area contributed by atoms with Crippen molar-refractivity contribution in [3.05, 3.63) is 17.5 Å². The lowest BCUT2D eigenvalue weighted by atomic mass is 9.97. The van der Waals surface area contributed by atoms with Crippen molar-refractivity contribution in [2.45, 2.75) is 25.7 Å². The number of aryl methyl sites for hydroxylation is 1. The number of nitrogens with zero attached hydrogens (tertiary/aromatic N) is 1. The highest BCUT2D eigenvalue weighted by molar-refractivity contribution is 5.72. The van der Waals surface area contributed by atoms with Crippen molar-refractivity contribution >= 4 is 11.9 Å². The molecule has 0 bridgehead atoms. The van der Waals surface area contributed by atoms with Gasteiger partial charge in [-0.25, -0.2) is 0 Å². The topological polar surface area (TPSA) is 101 Å². The standard InChI is InChI=1S/C9H11NO5/c1-5-2-7(10-15-5)6(3-8(11)12)4-9(13)14/h2,6H,3-4H2,1H3,(H,11,12)(H,13,14). The van der Waals surface area contributed by atoms with Crippen molar-refractivity contribution in [1.29, 1.82) is 0 Å². The van der Waals surface area contributed by atoms with Crippen LogP contribution >= 0.6 is 0 Å². The molecule has 1 aromatic heterocycles. The first-order valence-corrected chi connectivity index (χ1v) is 4.36. The molecule has 0 aliphatic rings. The molecule has 1 heterocycles. The maximum Gasteiger partial charge on any atom is 0.304 e. The SMILES string of the molecule is Cc1cc(C(CC(=O)O)CC(=O)O)no1. The van der Waals surface area contributed by atoms with Gasteiger partial charge in [-0.3, -0.25) is 9.59 Å². The molecule has 0 amide bonds. The van der Waals surface area contributed by atoms with Crippen LogP contribution in [0.3, 0.4) is 0 Å². The molecular weight excluding hydrogens is 202 g/mol. The molecular formula is C9H11NO5. The number of hydrogen-bond donors (Lipinski definition) is 2. The van der Waals surface area contributed by atoms with Crippen LogP contribution in [0.15, 0.2) is 10.6 Å². The highest BCUT2D eigenvalue weighted by Gasteiger charge is 2.21. The normalized spacial score (nSPS) is 10.5. The molecule has 0 unspecified atom stereocenters. The zero-order valence-electron chi connectivity index (χ0n) is 8.14. The second-order valence-electron chi connectivity index (χ2n) is 3.26. The third-order valence-electron chi connectivity index (χ3n) is 1.91. The molecule has 0 radical (unpaired) electrons. The minimum Gasteiger partial charge on any atom is -0.481 e. The molecule has 0 aliphatic heterocycles. The van der Waals surface area contributed by atoms with Crippen LogP contribution in [0.4, 0.5) is 0 Å². The number of aromatic nitrogens is 1. The summed E-state index contributed by atoms with van der Waals surface area (Å²) >= 11 is 0. The van der Waals surface area contributed by atoms with Gasteiger partial charge in [-0.05, 0) is 6.92 Å². The smallest absolute Gasteiger partial charge is 0.304 e. The first-order valence-electron chi connectivity index (χ1n) is 4.36. The summed E-state index contributed by atoms with van der Waals surface area (Å²) in [6, 6.07) is 1.55. The van der Waals surface area contributed by atoms with Gasteiger partial charge >= 0.3 is 11.9 Å². The average Bonchev–Trinajstić information content (AvgIpc) is 2.48. The van der Waals surface area contributed by atoms with E-state index in [4.69, 9.17) is 14.7 Å². The Balaban J connectivity index is 2.80. The lowest BCUT2D eigenvalue weighted by molar-refractivity contribution is -0.139. The molecule has 0 saturated heterocycles. The van der Waals surface area contributed by atoms with Crippen molar-refractivity contribution in [2.24, 2.45) is 0 Å². The van der Waals surface area contributed by atoms with Crippen molar-refractivity contribution in [2.75, 3.05) is 0 Å². The van der Waals surface area contributed by atoms with Crippen LogP contribution in [0.1, 0.15) is 30.2 Å². The molecule has 2 N–H and O–H groups in total. The fourth-order valence-corrected chi connectivity index (χ4v) is 1.28. The van der Waals surface area contributed by atoms with E-state index < -0.39 is 17.9 Å². The summed E-state index contributed by atoms with van der Waals surface area (Å²) in [5.74, 6) is -2.22. The van der Waals surface area contributed by atoms with Crippen LogP contribution in [-0.2, 0) is 9.59 Å². The van der Waals surface area contributed by atoms with Gasteiger partial charge in [0.1, 0.15) is 5.76 Å². The number of aliphatic carboxylic acids is 2. The van der Waals surface area contributed by atoms with Crippen molar-refractivity contribution in [3.8, 4) is 0 Å². The van der Waals surface area contributed by atoms with E-state index in [1.54, 1.807) is 13.0 Å². The number of rotatable bonds is 5. The number of carboxylic acid groups (broad SMARTS) is 2. The van der Waals surface area contributed by atoms with E-state index in [1.165, 1.54) is 0 Å². The van der Waals surface area contributed by atoms with Crippen LogP contribution < -0.4 is 0 Å². The molecule has 0 fully saturated rings. The maximum absolute atomic E-state index is 10.5. The van der Waals surface area contributed by atoms with E-state index in [2.05, 4.69) is 5.16 Å². The molecule has 1 aromatic rings. The molecule has 82 valence electrons. The summed E-state index contributed by atoms with van der Waals surface area (Å²) in [5, 5.41) is 20.8. The summed E-state index contributed by atoms with van der Waals surface area (Å²) in [4.78, 5) is 21.0. The van der Waals surface area contributed by atoms with Crippen LogP contribution in [0.25, 0.3) is 0 Å². The minimum absolute atomic E-state index is 0.266. The van der Waals surface area contributed by atoms with Crippen molar-refractivity contribution < 1.29 is 24.3 Å². The van der Waals surface area contributed by atoms with Gasteiger partial charge in [-0.2, -0.15) is 0 Å². The zero-order valence-corrected chi connectivity index (χ0v) is 8.14.